The second-order valence-corrected chi connectivity index (χ2v) is 3.49. The fraction of sp³-hybridized carbons (Fsp3) is 0.154. The second kappa shape index (κ2) is 6.13. The lowest BCUT2D eigenvalue weighted by molar-refractivity contribution is 1.01. The molecule has 2 rings (SSSR count). The molecular weight excluding hydrogens is 220 g/mol. The fourth-order valence-corrected chi connectivity index (χ4v) is 1.54. The smallest absolute Gasteiger partial charge is 0.110 e. The number of benzene rings is 1. The average Bonchev–Trinajstić information content (AvgIpc) is 2.68. The SMILES string of the molecule is C=CCc1c[nH]c(Cc2ccccc2)n1.Cl. The van der Waals surface area contributed by atoms with Crippen molar-refractivity contribution in [2.75, 3.05) is 0 Å². The summed E-state index contributed by atoms with van der Waals surface area (Å²) >= 11 is 0. The minimum Gasteiger partial charge on any atom is -0.348 e. The molecule has 2 nitrogen and oxygen atoms in total. The van der Waals surface area contributed by atoms with Crippen LogP contribution in [0.1, 0.15) is 17.1 Å². The summed E-state index contributed by atoms with van der Waals surface area (Å²) < 4.78 is 0. The van der Waals surface area contributed by atoms with Gasteiger partial charge in [-0.05, 0) is 5.56 Å². The van der Waals surface area contributed by atoms with Gasteiger partial charge in [-0.15, -0.1) is 19.0 Å². The van der Waals surface area contributed by atoms with Crippen LogP contribution in [0.15, 0.2) is 49.2 Å². The predicted octanol–water partition coefficient (Wildman–Crippen LogP) is 3.15. The van der Waals surface area contributed by atoms with Gasteiger partial charge in [0.15, 0.2) is 0 Å². The number of hydrogen-bond donors (Lipinski definition) is 1. The quantitative estimate of drug-likeness (QED) is 0.809. The molecule has 0 saturated heterocycles. The number of aromatic nitrogens is 2. The molecule has 0 fully saturated rings. The molecule has 84 valence electrons. The Morgan fingerprint density at radius 1 is 1.25 bits per heavy atom. The second-order valence-electron chi connectivity index (χ2n) is 3.49. The van der Waals surface area contributed by atoms with E-state index >= 15 is 0 Å². The maximum absolute atomic E-state index is 4.47. The van der Waals surface area contributed by atoms with Gasteiger partial charge in [0, 0.05) is 19.0 Å². The van der Waals surface area contributed by atoms with E-state index < -0.39 is 0 Å². The zero-order valence-electron chi connectivity index (χ0n) is 9.02. The van der Waals surface area contributed by atoms with E-state index in [4.69, 9.17) is 0 Å². The summed E-state index contributed by atoms with van der Waals surface area (Å²) in [5.74, 6) is 1.01. The first-order chi connectivity index (χ1) is 7.38. The minimum absolute atomic E-state index is 0. The van der Waals surface area contributed by atoms with Crippen molar-refractivity contribution >= 4 is 12.4 Å². The summed E-state index contributed by atoms with van der Waals surface area (Å²) in [6, 6.07) is 10.3. The highest BCUT2D eigenvalue weighted by Gasteiger charge is 2.00. The molecule has 1 heterocycles. The van der Waals surface area contributed by atoms with Crippen LogP contribution in [0.25, 0.3) is 0 Å². The van der Waals surface area contributed by atoms with E-state index in [2.05, 4.69) is 28.7 Å². The summed E-state index contributed by atoms with van der Waals surface area (Å²) in [5.41, 5.74) is 2.33. The summed E-state index contributed by atoms with van der Waals surface area (Å²) in [6.45, 7) is 3.70. The Bertz CT molecular complexity index is 434. The van der Waals surface area contributed by atoms with Crippen LogP contribution < -0.4 is 0 Å². The third-order valence-corrected chi connectivity index (χ3v) is 2.25. The van der Waals surface area contributed by atoms with Crippen molar-refractivity contribution in [3.05, 3.63) is 66.3 Å². The van der Waals surface area contributed by atoms with Crippen LogP contribution in [0, 0.1) is 0 Å². The van der Waals surface area contributed by atoms with E-state index in [1.54, 1.807) is 0 Å². The van der Waals surface area contributed by atoms with Gasteiger partial charge in [-0.25, -0.2) is 4.98 Å². The molecule has 0 amide bonds. The van der Waals surface area contributed by atoms with E-state index in [1.165, 1.54) is 5.56 Å². The van der Waals surface area contributed by atoms with E-state index in [-0.39, 0.29) is 12.4 Å². The van der Waals surface area contributed by atoms with E-state index in [0.29, 0.717) is 0 Å². The molecule has 1 aromatic heterocycles. The zero-order chi connectivity index (χ0) is 10.5. The summed E-state index contributed by atoms with van der Waals surface area (Å²) in [6.07, 6.45) is 5.49. The fourth-order valence-electron chi connectivity index (χ4n) is 1.54. The Hall–Kier alpha value is -1.54. The third kappa shape index (κ3) is 3.24. The van der Waals surface area contributed by atoms with Crippen LogP contribution in [0.3, 0.4) is 0 Å². The number of nitrogens with one attached hydrogen (secondary N) is 1. The topological polar surface area (TPSA) is 28.7 Å². The van der Waals surface area contributed by atoms with Gasteiger partial charge < -0.3 is 4.98 Å². The minimum atomic E-state index is 0. The normalized spacial score (nSPS) is 9.50. The first kappa shape index (κ1) is 12.5. The van der Waals surface area contributed by atoms with Crippen molar-refractivity contribution in [1.29, 1.82) is 0 Å². The highest BCUT2D eigenvalue weighted by Crippen LogP contribution is 2.06. The Balaban J connectivity index is 0.00000128. The van der Waals surface area contributed by atoms with Crippen LogP contribution in [-0.4, -0.2) is 9.97 Å². The lowest BCUT2D eigenvalue weighted by Gasteiger charge is -1.96. The number of rotatable bonds is 4. The average molecular weight is 235 g/mol. The van der Waals surface area contributed by atoms with Crippen LogP contribution in [-0.2, 0) is 12.8 Å². The molecule has 1 N–H and O–H groups in total. The van der Waals surface area contributed by atoms with Crippen LogP contribution in [0.4, 0.5) is 0 Å². The summed E-state index contributed by atoms with van der Waals surface area (Å²) in [4.78, 5) is 7.65. The maximum Gasteiger partial charge on any atom is 0.110 e. The van der Waals surface area contributed by atoms with Crippen molar-refractivity contribution in [1.82, 2.24) is 9.97 Å². The molecule has 0 unspecified atom stereocenters. The highest BCUT2D eigenvalue weighted by atomic mass is 35.5. The standard InChI is InChI=1S/C13H14N2.ClH/c1-2-6-12-10-14-13(15-12)9-11-7-4-3-5-8-11;/h2-5,7-8,10H,1,6,9H2,(H,14,15);1H. The lowest BCUT2D eigenvalue weighted by Crippen LogP contribution is -1.90. The van der Waals surface area contributed by atoms with Crippen molar-refractivity contribution in [3.8, 4) is 0 Å². The number of H-pyrrole nitrogens is 1. The van der Waals surface area contributed by atoms with Gasteiger partial charge in [-0.2, -0.15) is 0 Å². The molecule has 0 aliphatic carbocycles. The third-order valence-electron chi connectivity index (χ3n) is 2.25. The van der Waals surface area contributed by atoms with Crippen molar-refractivity contribution < 1.29 is 0 Å². The van der Waals surface area contributed by atoms with E-state index in [9.17, 15) is 0 Å². The number of hydrogen-bond acceptors (Lipinski definition) is 1. The number of allylic oxidation sites excluding steroid dienone is 1. The number of imidazole rings is 1. The van der Waals surface area contributed by atoms with E-state index in [1.807, 2.05) is 30.5 Å². The molecule has 0 saturated carbocycles. The molecule has 1 aromatic carbocycles. The molecule has 0 spiro atoms. The van der Waals surface area contributed by atoms with E-state index in [0.717, 1.165) is 24.4 Å². The molecule has 0 radical (unpaired) electrons. The van der Waals surface area contributed by atoms with Gasteiger partial charge in [0.2, 0.25) is 0 Å². The van der Waals surface area contributed by atoms with Crippen molar-refractivity contribution in [3.63, 3.8) is 0 Å². The zero-order valence-corrected chi connectivity index (χ0v) is 9.83. The van der Waals surface area contributed by atoms with Crippen LogP contribution in [0.5, 0.6) is 0 Å². The summed E-state index contributed by atoms with van der Waals surface area (Å²) in [5, 5.41) is 0. The Labute approximate surface area is 102 Å². The molecule has 0 bridgehead atoms. The molecule has 0 atom stereocenters. The van der Waals surface area contributed by atoms with Gasteiger partial charge in [-0.1, -0.05) is 36.4 Å². The molecule has 0 aliphatic heterocycles. The monoisotopic (exact) mass is 234 g/mol. The molecule has 3 heteroatoms. The Morgan fingerprint density at radius 3 is 2.69 bits per heavy atom. The first-order valence-corrected chi connectivity index (χ1v) is 5.06. The number of halogens is 1. The van der Waals surface area contributed by atoms with Crippen molar-refractivity contribution in [2.45, 2.75) is 12.8 Å². The molecule has 16 heavy (non-hydrogen) atoms. The lowest BCUT2D eigenvalue weighted by atomic mass is 10.1. The van der Waals surface area contributed by atoms with Gasteiger partial charge >= 0.3 is 0 Å². The van der Waals surface area contributed by atoms with Crippen LogP contribution in [0.2, 0.25) is 0 Å². The van der Waals surface area contributed by atoms with Crippen molar-refractivity contribution in [2.24, 2.45) is 0 Å². The van der Waals surface area contributed by atoms with Gasteiger partial charge in [0.05, 0.1) is 5.69 Å². The number of aromatic amines is 1. The first-order valence-electron chi connectivity index (χ1n) is 5.06. The summed E-state index contributed by atoms with van der Waals surface area (Å²) in [7, 11) is 0. The molecule has 2 aromatic rings. The maximum atomic E-state index is 4.47. The predicted molar refractivity (Wildman–Crippen MR) is 69.0 cm³/mol. The highest BCUT2D eigenvalue weighted by molar-refractivity contribution is 5.85. The Kier molecular flexibility index (Phi) is 4.80. The van der Waals surface area contributed by atoms with Gasteiger partial charge in [0.1, 0.15) is 5.82 Å². The molecule has 0 aliphatic rings. The van der Waals surface area contributed by atoms with Gasteiger partial charge in [0.25, 0.3) is 0 Å². The number of nitrogens with zero attached hydrogens (tertiary/aromatic N) is 1. The van der Waals surface area contributed by atoms with Crippen LogP contribution >= 0.6 is 12.4 Å². The van der Waals surface area contributed by atoms with Gasteiger partial charge in [-0.3, -0.25) is 0 Å². The largest absolute Gasteiger partial charge is 0.348 e. The Morgan fingerprint density at radius 2 is 2.00 bits per heavy atom. The molecular formula is C13H15ClN2.